The number of carbonyl (C=O) groups excluding carboxylic acids is 1. The fourth-order valence-corrected chi connectivity index (χ4v) is 7.60. The molecule has 8 heteroatoms. The number of rotatable bonds is 4. The first-order valence-electron chi connectivity index (χ1n) is 12.7. The Morgan fingerprint density at radius 2 is 2.09 bits per heavy atom. The highest BCUT2D eigenvalue weighted by atomic mass is 32.1. The minimum Gasteiger partial charge on any atom is -0.492 e. The Morgan fingerprint density at radius 3 is 2.77 bits per heavy atom. The van der Waals surface area contributed by atoms with Gasteiger partial charge in [-0.3, -0.25) is 9.80 Å². The van der Waals surface area contributed by atoms with E-state index in [1.807, 2.05) is 24.6 Å². The lowest BCUT2D eigenvalue weighted by Crippen LogP contribution is -2.62. The van der Waals surface area contributed by atoms with E-state index >= 15 is 0 Å². The number of hydrazine groups is 2. The zero-order valence-electron chi connectivity index (χ0n) is 21.7. The van der Waals surface area contributed by atoms with Gasteiger partial charge in [0, 0.05) is 35.6 Å². The highest BCUT2D eigenvalue weighted by Crippen LogP contribution is 2.54. The number of piperidine rings is 1. The molecule has 2 aliphatic heterocycles. The number of benzene rings is 1. The van der Waals surface area contributed by atoms with Gasteiger partial charge in [0.15, 0.2) is 0 Å². The minimum atomic E-state index is -0.467. The van der Waals surface area contributed by atoms with E-state index in [4.69, 9.17) is 4.74 Å². The highest BCUT2D eigenvalue weighted by molar-refractivity contribution is 7.09. The Morgan fingerprint density at radius 1 is 1.31 bits per heavy atom. The third-order valence-corrected chi connectivity index (χ3v) is 9.11. The summed E-state index contributed by atoms with van der Waals surface area (Å²) in [6.07, 6.45) is 4.28. The lowest BCUT2D eigenvalue weighted by Gasteiger charge is -2.56. The topological polar surface area (TPSA) is 69.1 Å². The SMILES string of the molecule is CCOc1cc(C=O)cc2c1N(C)N(N1CCC3(Cc4scnc4C(O)C3)CC1C(C)(C)C)C2C. The van der Waals surface area contributed by atoms with Crippen LogP contribution >= 0.6 is 11.3 Å². The number of ether oxygens (including phenoxy) is 1. The Bertz CT molecular complexity index is 1110. The molecule has 4 unspecified atom stereocenters. The molecule has 3 heterocycles. The van der Waals surface area contributed by atoms with E-state index in [-0.39, 0.29) is 16.9 Å². The Hall–Kier alpha value is -2.00. The van der Waals surface area contributed by atoms with E-state index in [0.29, 0.717) is 18.2 Å². The fraction of sp³-hybridized carbons (Fsp3) is 0.630. The van der Waals surface area contributed by atoms with Gasteiger partial charge in [0.1, 0.15) is 17.7 Å². The van der Waals surface area contributed by atoms with Gasteiger partial charge in [0.25, 0.3) is 0 Å². The third kappa shape index (κ3) is 4.08. The van der Waals surface area contributed by atoms with Crippen molar-refractivity contribution in [3.05, 3.63) is 39.3 Å². The highest BCUT2D eigenvalue weighted by Gasteiger charge is 2.51. The molecular weight excluding hydrogens is 460 g/mol. The number of aromatic nitrogens is 1. The molecule has 1 fully saturated rings. The van der Waals surface area contributed by atoms with Gasteiger partial charge < -0.3 is 9.84 Å². The number of anilines is 1. The van der Waals surface area contributed by atoms with Gasteiger partial charge in [0.2, 0.25) is 0 Å². The van der Waals surface area contributed by atoms with Crippen molar-refractivity contribution in [1.82, 2.24) is 15.1 Å². The van der Waals surface area contributed by atoms with Crippen molar-refractivity contribution in [3.8, 4) is 5.75 Å². The number of hydrogen-bond donors (Lipinski definition) is 1. The second kappa shape index (κ2) is 8.83. The number of hydrogen-bond acceptors (Lipinski definition) is 8. The average Bonchev–Trinajstić information content (AvgIpc) is 3.36. The van der Waals surface area contributed by atoms with E-state index in [2.05, 4.69) is 54.9 Å². The molecule has 0 radical (unpaired) electrons. The normalized spacial score (nSPS) is 29.3. The number of fused-ring (bicyclic) bond motifs is 2. The zero-order valence-corrected chi connectivity index (χ0v) is 22.6. The molecule has 1 aliphatic carbocycles. The van der Waals surface area contributed by atoms with Gasteiger partial charge in [0.05, 0.1) is 30.0 Å². The van der Waals surface area contributed by atoms with Crippen molar-refractivity contribution >= 4 is 23.3 Å². The van der Waals surface area contributed by atoms with Crippen LogP contribution in [0.25, 0.3) is 0 Å². The van der Waals surface area contributed by atoms with Crippen LogP contribution in [0, 0.1) is 10.8 Å². The fourth-order valence-electron chi connectivity index (χ4n) is 6.60. The van der Waals surface area contributed by atoms with Crippen LogP contribution in [0.4, 0.5) is 5.69 Å². The van der Waals surface area contributed by atoms with Crippen molar-refractivity contribution in [1.29, 1.82) is 0 Å². The summed E-state index contributed by atoms with van der Waals surface area (Å²) >= 11 is 1.69. The van der Waals surface area contributed by atoms with Gasteiger partial charge in [-0.1, -0.05) is 20.8 Å². The number of aldehydes is 1. The quantitative estimate of drug-likeness (QED) is 0.583. The van der Waals surface area contributed by atoms with Crippen LogP contribution in [0.5, 0.6) is 5.75 Å². The summed E-state index contributed by atoms with van der Waals surface area (Å²) in [5.74, 6) is 0.762. The van der Waals surface area contributed by atoms with Gasteiger partial charge in [-0.25, -0.2) is 9.99 Å². The van der Waals surface area contributed by atoms with Crippen molar-refractivity contribution in [2.75, 3.05) is 25.2 Å². The van der Waals surface area contributed by atoms with Crippen LogP contribution in [0.15, 0.2) is 17.6 Å². The summed E-state index contributed by atoms with van der Waals surface area (Å²) in [7, 11) is 2.10. The molecule has 1 saturated heterocycles. The lowest BCUT2D eigenvalue weighted by molar-refractivity contribution is -0.159. The van der Waals surface area contributed by atoms with Crippen molar-refractivity contribution in [3.63, 3.8) is 0 Å². The molecule has 4 atom stereocenters. The molecule has 2 aromatic rings. The molecule has 1 aromatic carbocycles. The molecule has 0 saturated carbocycles. The summed E-state index contributed by atoms with van der Waals surface area (Å²) in [6, 6.07) is 4.23. The van der Waals surface area contributed by atoms with E-state index < -0.39 is 6.10 Å². The van der Waals surface area contributed by atoms with Gasteiger partial charge >= 0.3 is 0 Å². The maximum atomic E-state index is 11.7. The number of aliphatic hydroxyl groups is 1. The smallest absolute Gasteiger partial charge is 0.150 e. The summed E-state index contributed by atoms with van der Waals surface area (Å²) in [5, 5.41) is 18.1. The van der Waals surface area contributed by atoms with Crippen LogP contribution in [0.2, 0.25) is 0 Å². The van der Waals surface area contributed by atoms with E-state index in [1.54, 1.807) is 11.3 Å². The van der Waals surface area contributed by atoms with Crippen LogP contribution in [-0.2, 0) is 6.42 Å². The van der Waals surface area contributed by atoms with Crippen LogP contribution in [-0.4, -0.2) is 52.7 Å². The molecule has 3 aliphatic rings. The molecule has 7 nitrogen and oxygen atoms in total. The van der Waals surface area contributed by atoms with Crippen LogP contribution < -0.4 is 9.75 Å². The molecule has 1 N–H and O–H groups in total. The van der Waals surface area contributed by atoms with Crippen molar-refractivity contribution < 1.29 is 14.6 Å². The first kappa shape index (κ1) is 24.7. The van der Waals surface area contributed by atoms with E-state index in [9.17, 15) is 9.90 Å². The van der Waals surface area contributed by atoms with Crippen molar-refractivity contribution in [2.24, 2.45) is 10.8 Å². The summed E-state index contributed by atoms with van der Waals surface area (Å²) in [5.41, 5.74) is 5.71. The Balaban J connectivity index is 1.49. The number of aliphatic hydroxyl groups excluding tert-OH is 1. The first-order chi connectivity index (χ1) is 16.6. The Kier molecular flexibility index (Phi) is 6.23. The number of nitrogens with zero attached hydrogens (tertiary/aromatic N) is 4. The van der Waals surface area contributed by atoms with Gasteiger partial charge in [-0.15, -0.1) is 16.5 Å². The molecule has 1 spiro atoms. The maximum Gasteiger partial charge on any atom is 0.150 e. The lowest BCUT2D eigenvalue weighted by atomic mass is 9.63. The standard InChI is InChI=1S/C27H38N4O3S/c1-7-34-21-11-18(15-32)10-19-17(2)31(29(6)25(19)21)30-9-8-27(14-23(30)26(3,4)5)12-20(33)24-22(13-27)35-16-28-24/h10-11,15-17,20,23,33H,7-9,12-14H2,1-6H3. The zero-order chi connectivity index (χ0) is 25.1. The first-order valence-corrected chi connectivity index (χ1v) is 13.6. The van der Waals surface area contributed by atoms with Crippen LogP contribution in [0.1, 0.15) is 92.5 Å². The van der Waals surface area contributed by atoms with E-state index in [1.165, 1.54) is 4.88 Å². The molecule has 1 aromatic heterocycles. The summed E-state index contributed by atoms with van der Waals surface area (Å²) < 4.78 is 5.99. The molecule has 35 heavy (non-hydrogen) atoms. The second-order valence-corrected chi connectivity index (χ2v) is 12.5. The van der Waals surface area contributed by atoms with Crippen molar-refractivity contribution in [2.45, 2.75) is 78.5 Å². The maximum absolute atomic E-state index is 11.7. The monoisotopic (exact) mass is 498 g/mol. The molecule has 190 valence electrons. The molecule has 5 rings (SSSR count). The van der Waals surface area contributed by atoms with Crippen LogP contribution in [0.3, 0.4) is 0 Å². The molecular formula is C27H38N4O3S. The Labute approximate surface area is 212 Å². The third-order valence-electron chi connectivity index (χ3n) is 8.26. The summed E-state index contributed by atoms with van der Waals surface area (Å²) in [6.45, 7) is 12.6. The molecule has 0 bridgehead atoms. The molecule has 0 amide bonds. The minimum absolute atomic E-state index is 0.0401. The largest absolute Gasteiger partial charge is 0.492 e. The summed E-state index contributed by atoms with van der Waals surface area (Å²) in [4.78, 5) is 17.4. The van der Waals surface area contributed by atoms with Gasteiger partial charge in [-0.05, 0) is 62.5 Å². The van der Waals surface area contributed by atoms with Gasteiger partial charge in [-0.2, -0.15) is 0 Å². The van der Waals surface area contributed by atoms with E-state index in [0.717, 1.165) is 61.2 Å². The average molecular weight is 499 g/mol. The number of thiazole rings is 1. The predicted molar refractivity (Wildman–Crippen MR) is 139 cm³/mol. The second-order valence-electron chi connectivity index (χ2n) is 11.6. The number of carbonyl (C=O) groups is 1. The predicted octanol–water partition coefficient (Wildman–Crippen LogP) is 5.17.